The summed E-state index contributed by atoms with van der Waals surface area (Å²) in [6.45, 7) is 3.76. The zero-order valence-corrected chi connectivity index (χ0v) is 6.43. The van der Waals surface area contributed by atoms with Crippen LogP contribution >= 0.6 is 23.5 Å². The van der Waals surface area contributed by atoms with Gasteiger partial charge in [-0.15, -0.1) is 6.58 Å². The second kappa shape index (κ2) is 3.46. The topological polar surface area (TPSA) is 0 Å². The number of rotatable bonds is 1. The zero-order valence-electron chi connectivity index (χ0n) is 4.80. The Labute approximate surface area is 59.1 Å². The SMILES string of the molecule is C=CC1CSCSC1. The van der Waals surface area contributed by atoms with Gasteiger partial charge < -0.3 is 0 Å². The minimum Gasteiger partial charge on any atom is -0.150 e. The third kappa shape index (κ3) is 1.75. The van der Waals surface area contributed by atoms with E-state index in [2.05, 4.69) is 12.7 Å². The van der Waals surface area contributed by atoms with Crippen molar-refractivity contribution in [3.63, 3.8) is 0 Å². The molecule has 0 aromatic rings. The molecule has 1 fully saturated rings. The van der Waals surface area contributed by atoms with E-state index in [1.807, 2.05) is 23.5 Å². The highest BCUT2D eigenvalue weighted by Crippen LogP contribution is 2.25. The lowest BCUT2D eigenvalue weighted by Gasteiger charge is -2.16. The maximum Gasteiger partial charge on any atom is 0.0392 e. The second-order valence-electron chi connectivity index (χ2n) is 1.86. The van der Waals surface area contributed by atoms with Gasteiger partial charge in [-0.05, 0) is 5.92 Å². The number of thioether (sulfide) groups is 2. The van der Waals surface area contributed by atoms with E-state index in [4.69, 9.17) is 0 Å². The van der Waals surface area contributed by atoms with Crippen LogP contribution in [0.2, 0.25) is 0 Å². The van der Waals surface area contributed by atoms with Gasteiger partial charge in [0, 0.05) is 16.6 Å². The third-order valence-electron chi connectivity index (χ3n) is 1.16. The number of hydrogen-bond acceptors (Lipinski definition) is 2. The summed E-state index contributed by atoms with van der Waals surface area (Å²) in [5.74, 6) is 3.35. The van der Waals surface area contributed by atoms with Crippen LogP contribution in [0.1, 0.15) is 0 Å². The summed E-state index contributed by atoms with van der Waals surface area (Å²) < 4.78 is 0. The van der Waals surface area contributed by atoms with Crippen LogP contribution in [0, 0.1) is 5.92 Å². The van der Waals surface area contributed by atoms with Crippen LogP contribution < -0.4 is 0 Å². The van der Waals surface area contributed by atoms with E-state index >= 15 is 0 Å². The monoisotopic (exact) mass is 146 g/mol. The van der Waals surface area contributed by atoms with Gasteiger partial charge in [-0.1, -0.05) is 6.08 Å². The summed E-state index contributed by atoms with van der Waals surface area (Å²) in [6, 6.07) is 0. The predicted octanol–water partition coefficient (Wildman–Crippen LogP) is 2.23. The molecule has 0 nitrogen and oxygen atoms in total. The lowest BCUT2D eigenvalue weighted by Crippen LogP contribution is -2.07. The fourth-order valence-electron chi connectivity index (χ4n) is 0.642. The highest BCUT2D eigenvalue weighted by molar-refractivity contribution is 8.16. The first-order chi connectivity index (χ1) is 3.93. The molecule has 0 unspecified atom stereocenters. The maximum atomic E-state index is 3.76. The van der Waals surface area contributed by atoms with Gasteiger partial charge in [0.2, 0.25) is 0 Å². The van der Waals surface area contributed by atoms with Crippen LogP contribution in [0.4, 0.5) is 0 Å². The van der Waals surface area contributed by atoms with E-state index < -0.39 is 0 Å². The molecule has 46 valence electrons. The smallest absolute Gasteiger partial charge is 0.0392 e. The lowest BCUT2D eigenvalue weighted by molar-refractivity contribution is 0.862. The summed E-state index contributed by atoms with van der Waals surface area (Å²) in [7, 11) is 0. The van der Waals surface area contributed by atoms with Crippen molar-refractivity contribution in [3.05, 3.63) is 12.7 Å². The zero-order chi connectivity index (χ0) is 5.82. The normalized spacial score (nSPS) is 23.0. The van der Waals surface area contributed by atoms with Crippen molar-refractivity contribution < 1.29 is 0 Å². The van der Waals surface area contributed by atoms with Crippen molar-refractivity contribution in [2.24, 2.45) is 5.92 Å². The standard InChI is InChI=1S/C6H10S2/c1-2-6-3-7-5-8-4-6/h2,6H,1,3-5H2. The first-order valence-corrected chi connectivity index (χ1v) is 5.02. The predicted molar refractivity (Wildman–Crippen MR) is 43.5 cm³/mol. The van der Waals surface area contributed by atoms with Gasteiger partial charge >= 0.3 is 0 Å². The molecule has 0 radical (unpaired) electrons. The van der Waals surface area contributed by atoms with Crippen LogP contribution in [-0.4, -0.2) is 16.6 Å². The van der Waals surface area contributed by atoms with Crippen molar-refractivity contribution in [3.8, 4) is 0 Å². The quantitative estimate of drug-likeness (QED) is 0.520. The Kier molecular flexibility index (Phi) is 2.84. The average molecular weight is 146 g/mol. The largest absolute Gasteiger partial charge is 0.150 e. The van der Waals surface area contributed by atoms with Gasteiger partial charge in [0.15, 0.2) is 0 Å². The van der Waals surface area contributed by atoms with Gasteiger partial charge in [0.05, 0.1) is 0 Å². The van der Waals surface area contributed by atoms with Crippen molar-refractivity contribution in [1.82, 2.24) is 0 Å². The number of allylic oxidation sites excluding steroid dienone is 1. The Balaban J connectivity index is 2.22. The molecular weight excluding hydrogens is 136 g/mol. The highest BCUT2D eigenvalue weighted by Gasteiger charge is 2.08. The molecule has 1 aliphatic heterocycles. The van der Waals surface area contributed by atoms with Gasteiger partial charge in [-0.3, -0.25) is 0 Å². The van der Waals surface area contributed by atoms with Gasteiger partial charge in [-0.25, -0.2) is 0 Å². The van der Waals surface area contributed by atoms with Gasteiger partial charge in [-0.2, -0.15) is 23.5 Å². The van der Waals surface area contributed by atoms with E-state index in [0.717, 1.165) is 5.92 Å². The first kappa shape index (κ1) is 6.56. The minimum absolute atomic E-state index is 0.777. The Morgan fingerprint density at radius 2 is 2.00 bits per heavy atom. The maximum absolute atomic E-state index is 3.76. The molecule has 0 bridgehead atoms. The molecule has 8 heavy (non-hydrogen) atoms. The molecule has 1 aliphatic rings. The Hall–Kier alpha value is 0.440. The van der Waals surface area contributed by atoms with Crippen LogP contribution in [0.15, 0.2) is 12.7 Å². The Morgan fingerprint density at radius 1 is 1.38 bits per heavy atom. The highest BCUT2D eigenvalue weighted by atomic mass is 32.2. The van der Waals surface area contributed by atoms with Crippen molar-refractivity contribution >= 4 is 23.5 Å². The molecule has 0 atom stereocenters. The molecule has 0 N–H and O–H groups in total. The number of hydrogen-bond donors (Lipinski definition) is 0. The molecule has 0 aromatic carbocycles. The summed E-state index contributed by atoms with van der Waals surface area (Å²) in [4.78, 5) is 0. The molecule has 0 amide bonds. The first-order valence-electron chi connectivity index (χ1n) is 2.71. The minimum atomic E-state index is 0.777. The molecule has 2 heteroatoms. The van der Waals surface area contributed by atoms with Crippen LogP contribution in [0.25, 0.3) is 0 Å². The van der Waals surface area contributed by atoms with E-state index in [9.17, 15) is 0 Å². The summed E-state index contributed by atoms with van der Waals surface area (Å²) in [5, 5.41) is 1.28. The van der Waals surface area contributed by atoms with E-state index in [1.54, 1.807) is 0 Å². The molecule has 0 saturated carbocycles. The Bertz CT molecular complexity index is 74.6. The van der Waals surface area contributed by atoms with E-state index in [0.29, 0.717) is 0 Å². The second-order valence-corrected chi connectivity index (χ2v) is 4.28. The molecule has 0 spiro atoms. The average Bonchev–Trinajstić information content (AvgIpc) is 1.90. The summed E-state index contributed by atoms with van der Waals surface area (Å²) in [6.07, 6.45) is 2.07. The Morgan fingerprint density at radius 3 is 2.38 bits per heavy atom. The van der Waals surface area contributed by atoms with Crippen LogP contribution in [0.3, 0.4) is 0 Å². The fraction of sp³-hybridized carbons (Fsp3) is 0.667. The molecule has 0 aromatic heterocycles. The molecule has 0 aliphatic carbocycles. The third-order valence-corrected chi connectivity index (χ3v) is 3.82. The van der Waals surface area contributed by atoms with Gasteiger partial charge in [0.1, 0.15) is 0 Å². The molecule has 1 saturated heterocycles. The van der Waals surface area contributed by atoms with E-state index in [1.165, 1.54) is 16.6 Å². The molecule has 1 heterocycles. The molecule has 1 rings (SSSR count). The van der Waals surface area contributed by atoms with Gasteiger partial charge in [0.25, 0.3) is 0 Å². The summed E-state index contributed by atoms with van der Waals surface area (Å²) in [5.41, 5.74) is 0. The molecular formula is C6H10S2. The van der Waals surface area contributed by atoms with Crippen LogP contribution in [-0.2, 0) is 0 Å². The van der Waals surface area contributed by atoms with Crippen molar-refractivity contribution in [2.45, 2.75) is 0 Å². The van der Waals surface area contributed by atoms with E-state index in [-0.39, 0.29) is 0 Å². The fourth-order valence-corrected chi connectivity index (χ4v) is 3.15. The van der Waals surface area contributed by atoms with Crippen molar-refractivity contribution in [2.75, 3.05) is 16.6 Å². The summed E-state index contributed by atoms with van der Waals surface area (Å²) >= 11 is 4.04. The van der Waals surface area contributed by atoms with Crippen molar-refractivity contribution in [1.29, 1.82) is 0 Å². The lowest BCUT2D eigenvalue weighted by atomic mass is 10.2. The van der Waals surface area contributed by atoms with Crippen LogP contribution in [0.5, 0.6) is 0 Å².